The summed E-state index contributed by atoms with van der Waals surface area (Å²) in [7, 11) is 0. The van der Waals surface area contributed by atoms with Crippen molar-refractivity contribution in [3.05, 3.63) is 71.4 Å². The smallest absolute Gasteiger partial charge is 0.309 e. The Morgan fingerprint density at radius 2 is 1.64 bits per heavy atom. The van der Waals surface area contributed by atoms with E-state index in [2.05, 4.69) is 15.6 Å². The summed E-state index contributed by atoms with van der Waals surface area (Å²) in [5.74, 6) is -1.21. The Kier molecular flexibility index (Phi) is 5.14. The average molecular weight is 335 g/mol. The molecule has 128 valence electrons. The molecule has 0 saturated heterocycles. The van der Waals surface area contributed by atoms with Gasteiger partial charge in [-0.3, -0.25) is 9.59 Å². The Hall–Kier alpha value is -3.08. The van der Waals surface area contributed by atoms with Crippen molar-refractivity contribution in [1.82, 2.24) is 15.6 Å². The third-order valence-corrected chi connectivity index (χ3v) is 4.26. The molecule has 0 aliphatic heterocycles. The Morgan fingerprint density at radius 3 is 2.48 bits per heavy atom. The standard InChI is InChI=1S/C20H21N3O2/c1-14-6-2-3-7-15(14)12-23-20(25)19(24)21-11-10-16-13-22-18-9-5-4-8-17(16)18/h2-9,13,22H,10-12H2,1H3,(H,21,24)(H,23,25). The molecule has 2 amide bonds. The Bertz CT molecular complexity index is 899. The summed E-state index contributed by atoms with van der Waals surface area (Å²) in [5.41, 5.74) is 4.28. The predicted molar refractivity (Wildman–Crippen MR) is 98.0 cm³/mol. The van der Waals surface area contributed by atoms with E-state index in [0.717, 1.165) is 27.6 Å². The third kappa shape index (κ3) is 4.07. The van der Waals surface area contributed by atoms with E-state index >= 15 is 0 Å². The fraction of sp³-hybridized carbons (Fsp3) is 0.200. The van der Waals surface area contributed by atoms with E-state index in [9.17, 15) is 9.59 Å². The van der Waals surface area contributed by atoms with Crippen LogP contribution in [0, 0.1) is 6.92 Å². The summed E-state index contributed by atoms with van der Waals surface area (Å²) in [6.45, 7) is 2.74. The summed E-state index contributed by atoms with van der Waals surface area (Å²) in [5, 5.41) is 6.47. The summed E-state index contributed by atoms with van der Waals surface area (Å²) >= 11 is 0. The molecular formula is C20H21N3O2. The number of para-hydroxylation sites is 1. The van der Waals surface area contributed by atoms with E-state index in [1.165, 1.54) is 0 Å². The molecule has 0 fully saturated rings. The van der Waals surface area contributed by atoms with Crippen LogP contribution >= 0.6 is 0 Å². The van der Waals surface area contributed by atoms with Crippen LogP contribution in [0.2, 0.25) is 0 Å². The molecule has 0 unspecified atom stereocenters. The quantitative estimate of drug-likeness (QED) is 0.627. The minimum absolute atomic E-state index is 0.349. The molecule has 25 heavy (non-hydrogen) atoms. The lowest BCUT2D eigenvalue weighted by Gasteiger charge is -2.08. The fourth-order valence-electron chi connectivity index (χ4n) is 2.79. The van der Waals surface area contributed by atoms with Gasteiger partial charge >= 0.3 is 11.8 Å². The number of H-pyrrole nitrogens is 1. The highest BCUT2D eigenvalue weighted by molar-refractivity contribution is 6.35. The van der Waals surface area contributed by atoms with Crippen LogP contribution in [0.25, 0.3) is 10.9 Å². The van der Waals surface area contributed by atoms with Crippen LogP contribution in [-0.2, 0) is 22.6 Å². The van der Waals surface area contributed by atoms with Crippen molar-refractivity contribution in [2.45, 2.75) is 19.9 Å². The number of nitrogens with one attached hydrogen (secondary N) is 3. The summed E-state index contributed by atoms with van der Waals surface area (Å²) in [4.78, 5) is 27.0. The number of carbonyl (C=O) groups is 2. The number of rotatable bonds is 5. The molecule has 0 saturated carbocycles. The predicted octanol–water partition coefficient (Wildman–Crippen LogP) is 2.45. The molecule has 5 nitrogen and oxygen atoms in total. The first-order chi connectivity index (χ1) is 12.1. The molecule has 3 aromatic rings. The molecule has 0 spiro atoms. The highest BCUT2D eigenvalue weighted by atomic mass is 16.2. The SMILES string of the molecule is Cc1ccccc1CNC(=O)C(=O)NCCc1c[nH]c2ccccc12. The Labute approximate surface area is 146 Å². The first kappa shape index (κ1) is 16.8. The topological polar surface area (TPSA) is 74.0 Å². The molecule has 2 aromatic carbocycles. The second kappa shape index (κ2) is 7.66. The molecule has 3 rings (SSSR count). The lowest BCUT2D eigenvalue weighted by molar-refractivity contribution is -0.139. The van der Waals surface area contributed by atoms with Crippen molar-refractivity contribution >= 4 is 22.7 Å². The Morgan fingerprint density at radius 1 is 0.920 bits per heavy atom. The van der Waals surface area contributed by atoms with E-state index in [-0.39, 0.29) is 0 Å². The monoisotopic (exact) mass is 335 g/mol. The van der Waals surface area contributed by atoms with Gasteiger partial charge in [-0.1, -0.05) is 42.5 Å². The number of amides is 2. The molecule has 0 radical (unpaired) electrons. The minimum Gasteiger partial charge on any atom is -0.361 e. The second-order valence-corrected chi connectivity index (χ2v) is 5.97. The van der Waals surface area contributed by atoms with Crippen molar-refractivity contribution < 1.29 is 9.59 Å². The molecule has 1 aromatic heterocycles. The summed E-state index contributed by atoms with van der Waals surface area (Å²) in [6, 6.07) is 15.8. The number of aromatic nitrogens is 1. The number of aromatic amines is 1. The minimum atomic E-state index is -0.609. The number of carbonyl (C=O) groups excluding carboxylic acids is 2. The largest absolute Gasteiger partial charge is 0.361 e. The number of hydrogen-bond acceptors (Lipinski definition) is 2. The lowest BCUT2D eigenvalue weighted by Crippen LogP contribution is -2.40. The molecule has 0 aliphatic rings. The van der Waals surface area contributed by atoms with Gasteiger partial charge in [0.15, 0.2) is 0 Å². The van der Waals surface area contributed by atoms with E-state index in [4.69, 9.17) is 0 Å². The van der Waals surface area contributed by atoms with Gasteiger partial charge in [0, 0.05) is 30.2 Å². The highest BCUT2D eigenvalue weighted by Crippen LogP contribution is 2.17. The van der Waals surface area contributed by atoms with Gasteiger partial charge in [0.25, 0.3) is 0 Å². The number of benzene rings is 2. The van der Waals surface area contributed by atoms with Crippen LogP contribution in [0.15, 0.2) is 54.7 Å². The van der Waals surface area contributed by atoms with Crippen molar-refractivity contribution in [3.63, 3.8) is 0 Å². The first-order valence-corrected chi connectivity index (χ1v) is 8.30. The normalized spacial score (nSPS) is 10.6. The van der Waals surface area contributed by atoms with Crippen LogP contribution in [-0.4, -0.2) is 23.3 Å². The van der Waals surface area contributed by atoms with Crippen molar-refractivity contribution in [2.24, 2.45) is 0 Å². The molecule has 1 heterocycles. The van der Waals surface area contributed by atoms with Gasteiger partial charge in [0.2, 0.25) is 0 Å². The van der Waals surface area contributed by atoms with E-state index in [1.807, 2.05) is 61.7 Å². The molecule has 0 bridgehead atoms. The van der Waals surface area contributed by atoms with Gasteiger partial charge in [0.05, 0.1) is 0 Å². The zero-order valence-corrected chi connectivity index (χ0v) is 14.1. The second-order valence-electron chi connectivity index (χ2n) is 5.97. The van der Waals surface area contributed by atoms with Crippen molar-refractivity contribution in [3.8, 4) is 0 Å². The average Bonchev–Trinajstić information content (AvgIpc) is 3.04. The lowest BCUT2D eigenvalue weighted by atomic mass is 10.1. The molecular weight excluding hydrogens is 314 g/mol. The number of fused-ring (bicyclic) bond motifs is 1. The van der Waals surface area contributed by atoms with Gasteiger partial charge in [-0.2, -0.15) is 0 Å². The van der Waals surface area contributed by atoms with Crippen LogP contribution in [0.3, 0.4) is 0 Å². The van der Waals surface area contributed by atoms with Gasteiger partial charge < -0.3 is 15.6 Å². The van der Waals surface area contributed by atoms with Crippen LogP contribution in [0.4, 0.5) is 0 Å². The van der Waals surface area contributed by atoms with E-state index in [0.29, 0.717) is 19.5 Å². The van der Waals surface area contributed by atoms with Crippen LogP contribution < -0.4 is 10.6 Å². The zero-order valence-electron chi connectivity index (χ0n) is 14.1. The van der Waals surface area contributed by atoms with Gasteiger partial charge in [-0.25, -0.2) is 0 Å². The maximum absolute atomic E-state index is 11.9. The maximum atomic E-state index is 11.9. The third-order valence-electron chi connectivity index (χ3n) is 4.26. The molecule has 0 atom stereocenters. The van der Waals surface area contributed by atoms with Crippen molar-refractivity contribution in [1.29, 1.82) is 0 Å². The number of hydrogen-bond donors (Lipinski definition) is 3. The van der Waals surface area contributed by atoms with Gasteiger partial charge in [0.1, 0.15) is 0 Å². The van der Waals surface area contributed by atoms with Gasteiger partial charge in [-0.15, -0.1) is 0 Å². The van der Waals surface area contributed by atoms with Crippen molar-refractivity contribution in [2.75, 3.05) is 6.54 Å². The van der Waals surface area contributed by atoms with Gasteiger partial charge in [-0.05, 0) is 36.1 Å². The Balaban J connectivity index is 1.47. The van der Waals surface area contributed by atoms with E-state index in [1.54, 1.807) is 0 Å². The molecule has 0 aliphatic carbocycles. The summed E-state index contributed by atoms with van der Waals surface area (Å²) in [6.07, 6.45) is 2.61. The van der Waals surface area contributed by atoms with Crippen LogP contribution in [0.5, 0.6) is 0 Å². The van der Waals surface area contributed by atoms with Crippen LogP contribution in [0.1, 0.15) is 16.7 Å². The molecule has 5 heteroatoms. The fourth-order valence-corrected chi connectivity index (χ4v) is 2.79. The number of aryl methyl sites for hydroxylation is 1. The van der Waals surface area contributed by atoms with E-state index < -0.39 is 11.8 Å². The highest BCUT2D eigenvalue weighted by Gasteiger charge is 2.13. The first-order valence-electron chi connectivity index (χ1n) is 8.30. The summed E-state index contributed by atoms with van der Waals surface area (Å²) < 4.78 is 0. The maximum Gasteiger partial charge on any atom is 0.309 e. The molecule has 3 N–H and O–H groups in total. The zero-order chi connectivity index (χ0) is 17.6.